The molecular weight excluding hydrogens is 316 g/mol. The summed E-state index contributed by atoms with van der Waals surface area (Å²) in [6, 6.07) is 18.5. The van der Waals surface area contributed by atoms with Crippen LogP contribution in [0, 0.1) is 0 Å². The van der Waals surface area contributed by atoms with Gasteiger partial charge in [-0.2, -0.15) is 0 Å². The number of alkyl halides is 1. The van der Waals surface area contributed by atoms with Gasteiger partial charge in [-0.15, -0.1) is 0 Å². The molecule has 2 aromatic rings. The third-order valence-corrected chi connectivity index (χ3v) is 3.91. The summed E-state index contributed by atoms with van der Waals surface area (Å²) in [5, 5.41) is 0. The summed E-state index contributed by atoms with van der Waals surface area (Å²) in [7, 11) is 1.41. The van der Waals surface area contributed by atoms with Gasteiger partial charge in [-0.3, -0.25) is 4.79 Å². The Morgan fingerprint density at radius 3 is 2.30 bits per heavy atom. The molecule has 0 bridgehead atoms. The van der Waals surface area contributed by atoms with Crippen LogP contribution in [0.3, 0.4) is 0 Å². The number of hydrogen-bond donors (Lipinski definition) is 0. The molecule has 0 aliphatic carbocycles. The van der Waals surface area contributed by atoms with Gasteiger partial charge >= 0.3 is 5.97 Å². The minimum Gasteiger partial charge on any atom is -0.468 e. The fourth-order valence-corrected chi connectivity index (χ4v) is 2.68. The molecule has 0 aromatic heterocycles. The van der Waals surface area contributed by atoms with E-state index >= 15 is 0 Å². The molecule has 1 atom stereocenters. The second-order valence-electron chi connectivity index (χ2n) is 4.63. The van der Waals surface area contributed by atoms with Crippen LogP contribution in [0.15, 0.2) is 54.6 Å². The molecule has 0 spiro atoms. The van der Waals surface area contributed by atoms with Crippen LogP contribution in [-0.2, 0) is 22.4 Å². The zero-order valence-corrected chi connectivity index (χ0v) is 13.0. The Hall–Kier alpha value is -1.61. The predicted octanol–water partition coefficient (Wildman–Crippen LogP) is 3.76. The molecule has 0 fully saturated rings. The van der Waals surface area contributed by atoms with Crippen molar-refractivity contribution < 1.29 is 9.53 Å². The molecule has 0 saturated carbocycles. The number of esters is 1. The average molecular weight is 333 g/mol. The quantitative estimate of drug-likeness (QED) is 0.615. The number of methoxy groups -OCH3 is 1. The minimum absolute atomic E-state index is 0.237. The molecule has 0 N–H and O–H groups in total. The van der Waals surface area contributed by atoms with E-state index in [1.54, 1.807) is 0 Å². The number of benzene rings is 2. The molecule has 2 nitrogen and oxygen atoms in total. The second-order valence-corrected chi connectivity index (χ2v) is 5.73. The van der Waals surface area contributed by atoms with Crippen molar-refractivity contribution in [2.75, 3.05) is 7.11 Å². The highest BCUT2D eigenvalue weighted by Crippen LogP contribution is 2.19. The molecule has 3 heteroatoms. The summed E-state index contributed by atoms with van der Waals surface area (Å²) in [4.78, 5) is 11.2. The molecule has 0 amide bonds. The zero-order valence-electron chi connectivity index (χ0n) is 11.4. The van der Waals surface area contributed by atoms with E-state index in [-0.39, 0.29) is 10.8 Å². The number of carbonyl (C=O) groups excluding carboxylic acids is 1. The van der Waals surface area contributed by atoms with Crippen molar-refractivity contribution in [1.29, 1.82) is 0 Å². The summed E-state index contributed by atoms with van der Waals surface area (Å²) in [5.41, 5.74) is 3.68. The maximum atomic E-state index is 11.5. The van der Waals surface area contributed by atoms with Crippen molar-refractivity contribution in [2.45, 2.75) is 17.7 Å². The van der Waals surface area contributed by atoms with Gasteiger partial charge in [-0.25, -0.2) is 0 Å². The van der Waals surface area contributed by atoms with Crippen molar-refractivity contribution in [3.63, 3.8) is 0 Å². The molecule has 20 heavy (non-hydrogen) atoms. The van der Waals surface area contributed by atoms with Gasteiger partial charge in [0.25, 0.3) is 0 Å². The van der Waals surface area contributed by atoms with Crippen molar-refractivity contribution in [2.24, 2.45) is 0 Å². The van der Waals surface area contributed by atoms with Crippen molar-refractivity contribution in [3.05, 3.63) is 71.3 Å². The lowest BCUT2D eigenvalue weighted by Crippen LogP contribution is -2.18. The standard InChI is InChI=1S/C17H17BrO2/c1-20-17(19)16(18)12-15-10-6-5-9-14(15)11-13-7-3-2-4-8-13/h2-10,16H,11-12H2,1H3. The smallest absolute Gasteiger partial charge is 0.319 e. The monoisotopic (exact) mass is 332 g/mol. The van der Waals surface area contributed by atoms with Crippen LogP contribution in [0.2, 0.25) is 0 Å². The van der Waals surface area contributed by atoms with Crippen LogP contribution in [-0.4, -0.2) is 17.9 Å². The van der Waals surface area contributed by atoms with Crippen LogP contribution in [0.4, 0.5) is 0 Å². The number of halogens is 1. The second kappa shape index (κ2) is 7.25. The summed E-state index contributed by atoms with van der Waals surface area (Å²) >= 11 is 3.39. The maximum Gasteiger partial charge on any atom is 0.319 e. The van der Waals surface area contributed by atoms with Crippen LogP contribution in [0.25, 0.3) is 0 Å². The van der Waals surface area contributed by atoms with E-state index in [1.165, 1.54) is 23.8 Å². The van der Waals surface area contributed by atoms with Crippen molar-refractivity contribution in [1.82, 2.24) is 0 Å². The van der Waals surface area contributed by atoms with E-state index in [0.29, 0.717) is 6.42 Å². The Morgan fingerprint density at radius 2 is 1.65 bits per heavy atom. The molecule has 0 saturated heterocycles. The van der Waals surface area contributed by atoms with E-state index in [4.69, 9.17) is 4.74 Å². The van der Waals surface area contributed by atoms with E-state index in [2.05, 4.69) is 40.2 Å². The van der Waals surface area contributed by atoms with Crippen LogP contribution in [0.5, 0.6) is 0 Å². The van der Waals surface area contributed by atoms with Gasteiger partial charge < -0.3 is 4.74 Å². The Bertz CT molecular complexity index is 566. The van der Waals surface area contributed by atoms with Crippen molar-refractivity contribution >= 4 is 21.9 Å². The van der Waals surface area contributed by atoms with Gasteiger partial charge in [-0.05, 0) is 29.5 Å². The fraction of sp³-hybridized carbons (Fsp3) is 0.235. The third kappa shape index (κ3) is 3.94. The van der Waals surface area contributed by atoms with Crippen LogP contribution in [0.1, 0.15) is 16.7 Å². The molecule has 0 radical (unpaired) electrons. The lowest BCUT2D eigenvalue weighted by molar-refractivity contribution is -0.139. The SMILES string of the molecule is COC(=O)C(Br)Cc1ccccc1Cc1ccccc1. The lowest BCUT2D eigenvalue weighted by atomic mass is 9.97. The molecule has 2 aromatic carbocycles. The summed E-state index contributed by atoms with van der Waals surface area (Å²) < 4.78 is 4.76. The van der Waals surface area contributed by atoms with Gasteiger partial charge in [0, 0.05) is 0 Å². The first-order valence-corrected chi connectivity index (χ1v) is 7.45. The van der Waals surface area contributed by atoms with E-state index in [9.17, 15) is 4.79 Å². The molecule has 1 unspecified atom stereocenters. The summed E-state index contributed by atoms with van der Waals surface area (Å²) in [6.45, 7) is 0. The molecule has 104 valence electrons. The maximum absolute atomic E-state index is 11.5. The first kappa shape index (κ1) is 14.8. The van der Waals surface area contributed by atoms with Crippen LogP contribution >= 0.6 is 15.9 Å². The normalized spacial score (nSPS) is 11.9. The van der Waals surface area contributed by atoms with Crippen LogP contribution < -0.4 is 0 Å². The number of hydrogen-bond acceptors (Lipinski definition) is 2. The van der Waals surface area contributed by atoms with E-state index in [1.807, 2.05) is 30.3 Å². The third-order valence-electron chi connectivity index (χ3n) is 3.21. The first-order valence-electron chi connectivity index (χ1n) is 6.53. The highest BCUT2D eigenvalue weighted by molar-refractivity contribution is 9.10. The highest BCUT2D eigenvalue weighted by atomic mass is 79.9. The topological polar surface area (TPSA) is 26.3 Å². The van der Waals surface area contributed by atoms with Gasteiger partial charge in [-0.1, -0.05) is 70.5 Å². The van der Waals surface area contributed by atoms with E-state index < -0.39 is 0 Å². The Balaban J connectivity index is 2.16. The van der Waals surface area contributed by atoms with E-state index in [0.717, 1.165) is 6.42 Å². The van der Waals surface area contributed by atoms with Gasteiger partial charge in [0.15, 0.2) is 0 Å². The fourth-order valence-electron chi connectivity index (χ4n) is 2.15. The zero-order chi connectivity index (χ0) is 14.4. The Kier molecular flexibility index (Phi) is 5.36. The Morgan fingerprint density at radius 1 is 1.05 bits per heavy atom. The summed E-state index contributed by atoms with van der Waals surface area (Å²) in [5.74, 6) is -0.237. The first-order chi connectivity index (χ1) is 9.70. The molecule has 0 aliphatic rings. The highest BCUT2D eigenvalue weighted by Gasteiger charge is 2.17. The Labute approximate surface area is 127 Å². The van der Waals surface area contributed by atoms with Gasteiger partial charge in [0.1, 0.15) is 4.83 Å². The molecule has 2 rings (SSSR count). The van der Waals surface area contributed by atoms with Gasteiger partial charge in [0.2, 0.25) is 0 Å². The minimum atomic E-state index is -0.301. The summed E-state index contributed by atoms with van der Waals surface area (Å²) in [6.07, 6.45) is 1.51. The van der Waals surface area contributed by atoms with Gasteiger partial charge in [0.05, 0.1) is 7.11 Å². The molecule has 0 aliphatic heterocycles. The predicted molar refractivity (Wildman–Crippen MR) is 84.1 cm³/mol. The number of ether oxygens (including phenoxy) is 1. The number of rotatable bonds is 5. The van der Waals surface area contributed by atoms with Crippen molar-refractivity contribution in [3.8, 4) is 0 Å². The molecule has 0 heterocycles. The largest absolute Gasteiger partial charge is 0.468 e. The number of carbonyl (C=O) groups is 1. The molecular formula is C17H17BrO2. The lowest BCUT2D eigenvalue weighted by Gasteiger charge is -2.12. The average Bonchev–Trinajstić information content (AvgIpc) is 2.49.